The van der Waals surface area contributed by atoms with E-state index in [-0.39, 0.29) is 0 Å². The Hall–Kier alpha value is -1.36. The van der Waals surface area contributed by atoms with E-state index in [2.05, 4.69) is 5.10 Å². The lowest BCUT2D eigenvalue weighted by molar-refractivity contribution is 0.175. The van der Waals surface area contributed by atoms with Crippen molar-refractivity contribution in [1.29, 1.82) is 0 Å². The van der Waals surface area contributed by atoms with Crippen LogP contribution in [0.2, 0.25) is 5.02 Å². The number of ether oxygens (including phenoxy) is 1. The topological polar surface area (TPSA) is 47.3 Å². The minimum atomic E-state index is -0.598. The fourth-order valence-corrected chi connectivity index (χ4v) is 2.44. The second kappa shape index (κ2) is 6.39. The summed E-state index contributed by atoms with van der Waals surface area (Å²) in [5, 5.41) is 15.2. The van der Waals surface area contributed by atoms with E-state index in [1.807, 2.05) is 38.2 Å². The average Bonchev–Trinajstić information content (AvgIpc) is 2.66. The third-order valence-electron chi connectivity index (χ3n) is 3.32. The third kappa shape index (κ3) is 3.20. The first-order chi connectivity index (χ1) is 9.52. The van der Waals surface area contributed by atoms with Crippen LogP contribution in [0.15, 0.2) is 24.3 Å². The van der Waals surface area contributed by atoms with Gasteiger partial charge in [-0.3, -0.25) is 4.68 Å². The molecule has 0 aliphatic rings. The predicted octanol–water partition coefficient (Wildman–Crippen LogP) is 2.80. The van der Waals surface area contributed by atoms with Crippen LogP contribution in [0.4, 0.5) is 0 Å². The van der Waals surface area contributed by atoms with Crippen LogP contribution in [0.5, 0.6) is 0 Å². The molecule has 1 heterocycles. The van der Waals surface area contributed by atoms with E-state index in [9.17, 15) is 5.11 Å². The Morgan fingerprint density at radius 3 is 2.50 bits per heavy atom. The zero-order valence-corrected chi connectivity index (χ0v) is 12.7. The molecule has 0 amide bonds. The quantitative estimate of drug-likeness (QED) is 0.922. The highest BCUT2D eigenvalue weighted by molar-refractivity contribution is 6.31. The number of rotatable bonds is 5. The molecule has 0 aliphatic heterocycles. The van der Waals surface area contributed by atoms with Crippen LogP contribution in [0.3, 0.4) is 0 Å². The van der Waals surface area contributed by atoms with E-state index in [4.69, 9.17) is 16.3 Å². The number of nitrogens with zero attached hydrogens (tertiary/aromatic N) is 2. The Kier molecular flexibility index (Phi) is 4.81. The van der Waals surface area contributed by atoms with Crippen LogP contribution in [0.25, 0.3) is 0 Å². The fraction of sp³-hybridized carbons (Fsp3) is 0.400. The first-order valence-electron chi connectivity index (χ1n) is 6.46. The van der Waals surface area contributed by atoms with Crippen molar-refractivity contribution >= 4 is 11.6 Å². The summed E-state index contributed by atoms with van der Waals surface area (Å²) in [6, 6.07) is 7.74. The molecule has 0 saturated carbocycles. The standard InChI is InChI=1S/C15H19ClN2O2/c1-10-15(16)13(18(2)17-10)8-14(19)12-6-4-11(5-7-12)9-20-3/h4-7,14,19H,8-9H2,1-3H3. The van der Waals surface area contributed by atoms with Crippen molar-refractivity contribution in [2.75, 3.05) is 7.11 Å². The van der Waals surface area contributed by atoms with Crippen LogP contribution < -0.4 is 0 Å². The molecule has 1 aromatic carbocycles. The Morgan fingerprint density at radius 1 is 1.35 bits per heavy atom. The number of aryl methyl sites for hydroxylation is 2. The second-order valence-corrected chi connectivity index (χ2v) is 5.24. The number of aliphatic hydroxyl groups excluding tert-OH is 1. The molecule has 1 unspecified atom stereocenters. The first kappa shape index (κ1) is 15.0. The van der Waals surface area contributed by atoms with Crippen molar-refractivity contribution in [3.63, 3.8) is 0 Å². The van der Waals surface area contributed by atoms with Crippen molar-refractivity contribution in [3.8, 4) is 0 Å². The van der Waals surface area contributed by atoms with Crippen LogP contribution in [-0.4, -0.2) is 22.0 Å². The number of aromatic nitrogens is 2. The summed E-state index contributed by atoms with van der Waals surface area (Å²) in [7, 11) is 3.50. The number of hydrogen-bond acceptors (Lipinski definition) is 3. The maximum atomic E-state index is 10.3. The Morgan fingerprint density at radius 2 is 2.00 bits per heavy atom. The summed E-state index contributed by atoms with van der Waals surface area (Å²) in [5.74, 6) is 0. The normalized spacial score (nSPS) is 12.7. The van der Waals surface area contributed by atoms with Gasteiger partial charge in [0.25, 0.3) is 0 Å². The van der Waals surface area contributed by atoms with Gasteiger partial charge in [-0.1, -0.05) is 35.9 Å². The fourth-order valence-electron chi connectivity index (χ4n) is 2.21. The van der Waals surface area contributed by atoms with Crippen molar-refractivity contribution < 1.29 is 9.84 Å². The Bertz CT molecular complexity index is 578. The monoisotopic (exact) mass is 294 g/mol. The minimum absolute atomic E-state index is 0.444. The van der Waals surface area contributed by atoms with E-state index in [0.717, 1.165) is 22.5 Å². The summed E-state index contributed by atoms with van der Waals surface area (Å²) in [6.45, 7) is 2.43. The van der Waals surface area contributed by atoms with E-state index in [1.165, 1.54) is 0 Å². The second-order valence-electron chi connectivity index (χ2n) is 4.86. The maximum Gasteiger partial charge on any atom is 0.0848 e. The van der Waals surface area contributed by atoms with Gasteiger partial charge < -0.3 is 9.84 Å². The van der Waals surface area contributed by atoms with Gasteiger partial charge in [-0.25, -0.2) is 0 Å². The molecule has 1 N–H and O–H groups in total. The van der Waals surface area contributed by atoms with Crippen molar-refractivity contribution in [1.82, 2.24) is 9.78 Å². The van der Waals surface area contributed by atoms with Gasteiger partial charge in [0.2, 0.25) is 0 Å². The molecule has 2 rings (SSSR count). The van der Waals surface area contributed by atoms with Gasteiger partial charge >= 0.3 is 0 Å². The number of halogens is 1. The highest BCUT2D eigenvalue weighted by atomic mass is 35.5. The predicted molar refractivity (Wildman–Crippen MR) is 78.8 cm³/mol. The third-order valence-corrected chi connectivity index (χ3v) is 3.82. The average molecular weight is 295 g/mol. The Labute approximate surface area is 123 Å². The van der Waals surface area contributed by atoms with E-state index < -0.39 is 6.10 Å². The largest absolute Gasteiger partial charge is 0.388 e. The lowest BCUT2D eigenvalue weighted by Gasteiger charge is -2.12. The molecule has 0 fully saturated rings. The molecule has 1 atom stereocenters. The number of benzene rings is 1. The zero-order valence-electron chi connectivity index (χ0n) is 11.9. The molecule has 0 saturated heterocycles. The van der Waals surface area contributed by atoms with Crippen molar-refractivity contribution in [2.24, 2.45) is 7.05 Å². The van der Waals surface area contributed by atoms with Gasteiger partial charge in [-0.15, -0.1) is 0 Å². The lowest BCUT2D eigenvalue weighted by Crippen LogP contribution is -2.07. The highest BCUT2D eigenvalue weighted by Crippen LogP contribution is 2.25. The van der Waals surface area contributed by atoms with Gasteiger partial charge in [-0.2, -0.15) is 5.10 Å². The molecule has 0 radical (unpaired) electrons. The van der Waals surface area contributed by atoms with Gasteiger partial charge in [-0.05, 0) is 18.1 Å². The molecular weight excluding hydrogens is 276 g/mol. The summed E-state index contributed by atoms with van der Waals surface area (Å²) in [4.78, 5) is 0. The van der Waals surface area contributed by atoms with Gasteiger partial charge in [0.1, 0.15) is 0 Å². The molecule has 2 aromatic rings. The van der Waals surface area contributed by atoms with Crippen LogP contribution in [-0.2, 0) is 24.8 Å². The van der Waals surface area contributed by atoms with Gasteiger partial charge in [0, 0.05) is 20.6 Å². The van der Waals surface area contributed by atoms with Crippen molar-refractivity contribution in [2.45, 2.75) is 26.1 Å². The smallest absolute Gasteiger partial charge is 0.0848 e. The first-order valence-corrected chi connectivity index (χ1v) is 6.84. The van der Waals surface area contributed by atoms with Gasteiger partial charge in [0.05, 0.1) is 29.1 Å². The van der Waals surface area contributed by atoms with Gasteiger partial charge in [0.15, 0.2) is 0 Å². The molecule has 0 aliphatic carbocycles. The molecular formula is C15H19ClN2O2. The summed E-state index contributed by atoms with van der Waals surface area (Å²) >= 11 is 6.20. The van der Waals surface area contributed by atoms with Crippen LogP contribution >= 0.6 is 11.6 Å². The van der Waals surface area contributed by atoms with Crippen LogP contribution in [0.1, 0.15) is 28.6 Å². The molecule has 4 nitrogen and oxygen atoms in total. The minimum Gasteiger partial charge on any atom is -0.388 e. The SMILES string of the molecule is COCc1ccc(C(O)Cc2c(Cl)c(C)nn2C)cc1. The lowest BCUT2D eigenvalue weighted by atomic mass is 10.0. The number of hydrogen-bond donors (Lipinski definition) is 1. The molecule has 108 valence electrons. The maximum absolute atomic E-state index is 10.3. The van der Waals surface area contributed by atoms with Crippen LogP contribution in [0, 0.1) is 6.92 Å². The van der Waals surface area contributed by atoms with Crippen molar-refractivity contribution in [3.05, 3.63) is 51.8 Å². The van der Waals surface area contributed by atoms with E-state index >= 15 is 0 Å². The molecule has 0 spiro atoms. The summed E-state index contributed by atoms with van der Waals surface area (Å²) in [6.07, 6.45) is -0.154. The summed E-state index contributed by atoms with van der Waals surface area (Å²) < 4.78 is 6.79. The van der Waals surface area contributed by atoms with E-state index in [0.29, 0.717) is 18.1 Å². The number of aliphatic hydroxyl groups is 1. The molecule has 0 bridgehead atoms. The highest BCUT2D eigenvalue weighted by Gasteiger charge is 2.16. The molecule has 1 aromatic heterocycles. The number of methoxy groups -OCH3 is 1. The molecule has 20 heavy (non-hydrogen) atoms. The summed E-state index contributed by atoms with van der Waals surface area (Å²) in [5.41, 5.74) is 3.57. The zero-order chi connectivity index (χ0) is 14.7. The molecule has 5 heteroatoms. The van der Waals surface area contributed by atoms with E-state index in [1.54, 1.807) is 11.8 Å². The Balaban J connectivity index is 2.13.